The number of nitrogens with zero attached hydrogens (tertiary/aromatic N) is 1. The monoisotopic (exact) mass is 185 g/mol. The first kappa shape index (κ1) is 10.5. The zero-order chi connectivity index (χ0) is 10.1. The third-order valence-corrected chi connectivity index (χ3v) is 3.30. The van der Waals surface area contributed by atoms with Gasteiger partial charge in [-0.25, -0.2) is 0 Å². The number of carbonyl (C=O) groups is 1. The van der Waals surface area contributed by atoms with E-state index in [1.165, 1.54) is 0 Å². The molecule has 1 fully saturated rings. The molecule has 0 radical (unpaired) electrons. The third kappa shape index (κ3) is 1.84. The summed E-state index contributed by atoms with van der Waals surface area (Å²) < 4.78 is 0. The first-order valence-corrected chi connectivity index (χ1v) is 4.72. The van der Waals surface area contributed by atoms with Gasteiger partial charge >= 0.3 is 0 Å². The smallest absolute Gasteiger partial charge is 0.225 e. The third-order valence-electron chi connectivity index (χ3n) is 3.30. The molecule has 4 heteroatoms. The van der Waals surface area contributed by atoms with E-state index in [2.05, 4.69) is 18.9 Å². The Bertz CT molecular complexity index is 207. The van der Waals surface area contributed by atoms with Crippen LogP contribution in [-0.2, 0) is 4.79 Å². The molecule has 0 aromatic carbocycles. The van der Waals surface area contributed by atoms with Gasteiger partial charge in [0.2, 0.25) is 5.91 Å². The lowest BCUT2D eigenvalue weighted by Crippen LogP contribution is -2.53. The molecule has 76 valence electrons. The fourth-order valence-corrected chi connectivity index (χ4v) is 1.94. The number of piperidine rings is 1. The Balaban J connectivity index is 2.74. The molecule has 13 heavy (non-hydrogen) atoms. The SMILES string of the molecule is CC1CC(CN)(C(N)=O)CCN1C. The van der Waals surface area contributed by atoms with Gasteiger partial charge in [-0.1, -0.05) is 0 Å². The van der Waals surface area contributed by atoms with E-state index in [0.717, 1.165) is 19.4 Å². The van der Waals surface area contributed by atoms with Crippen LogP contribution in [0.3, 0.4) is 0 Å². The summed E-state index contributed by atoms with van der Waals surface area (Å²) in [4.78, 5) is 13.5. The Labute approximate surface area is 79.3 Å². The van der Waals surface area contributed by atoms with Crippen LogP contribution in [0.15, 0.2) is 0 Å². The average molecular weight is 185 g/mol. The summed E-state index contributed by atoms with van der Waals surface area (Å²) in [7, 11) is 2.06. The number of hydrogen-bond acceptors (Lipinski definition) is 3. The molecule has 1 heterocycles. The summed E-state index contributed by atoms with van der Waals surface area (Å²) in [5, 5.41) is 0. The topological polar surface area (TPSA) is 72.3 Å². The van der Waals surface area contributed by atoms with Crippen LogP contribution in [0.4, 0.5) is 0 Å². The summed E-state index contributed by atoms with van der Waals surface area (Å²) in [6.45, 7) is 3.38. The zero-order valence-corrected chi connectivity index (χ0v) is 8.42. The fraction of sp³-hybridized carbons (Fsp3) is 0.889. The Morgan fingerprint density at radius 2 is 2.31 bits per heavy atom. The Morgan fingerprint density at radius 3 is 2.69 bits per heavy atom. The van der Waals surface area contributed by atoms with Gasteiger partial charge < -0.3 is 16.4 Å². The highest BCUT2D eigenvalue weighted by Crippen LogP contribution is 2.32. The van der Waals surface area contributed by atoms with Gasteiger partial charge in [0.15, 0.2) is 0 Å². The average Bonchev–Trinajstić information content (AvgIpc) is 2.09. The van der Waals surface area contributed by atoms with Crippen molar-refractivity contribution in [1.29, 1.82) is 0 Å². The summed E-state index contributed by atoms with van der Waals surface area (Å²) >= 11 is 0. The van der Waals surface area contributed by atoms with Crippen LogP contribution < -0.4 is 11.5 Å². The molecule has 1 amide bonds. The number of carbonyl (C=O) groups excluding carboxylic acids is 1. The number of nitrogens with two attached hydrogens (primary N) is 2. The van der Waals surface area contributed by atoms with Gasteiger partial charge in [0.25, 0.3) is 0 Å². The molecule has 4 nitrogen and oxygen atoms in total. The summed E-state index contributed by atoms with van der Waals surface area (Å²) in [6.07, 6.45) is 1.58. The molecule has 0 aliphatic carbocycles. The lowest BCUT2D eigenvalue weighted by atomic mass is 9.75. The lowest BCUT2D eigenvalue weighted by Gasteiger charge is -2.41. The van der Waals surface area contributed by atoms with Crippen molar-refractivity contribution in [3.63, 3.8) is 0 Å². The molecule has 0 spiro atoms. The molecule has 0 bridgehead atoms. The van der Waals surface area contributed by atoms with Crippen LogP contribution in [0, 0.1) is 5.41 Å². The quantitative estimate of drug-likeness (QED) is 0.611. The highest BCUT2D eigenvalue weighted by molar-refractivity contribution is 5.81. The highest BCUT2D eigenvalue weighted by Gasteiger charge is 2.40. The van der Waals surface area contributed by atoms with Crippen molar-refractivity contribution < 1.29 is 4.79 Å². The maximum absolute atomic E-state index is 11.3. The highest BCUT2D eigenvalue weighted by atomic mass is 16.1. The second-order valence-corrected chi connectivity index (χ2v) is 4.13. The van der Waals surface area contributed by atoms with Gasteiger partial charge in [0, 0.05) is 12.6 Å². The van der Waals surface area contributed by atoms with Gasteiger partial charge in [-0.2, -0.15) is 0 Å². The number of amides is 1. The van der Waals surface area contributed by atoms with E-state index in [9.17, 15) is 4.79 Å². The van der Waals surface area contributed by atoms with Crippen molar-refractivity contribution in [2.45, 2.75) is 25.8 Å². The maximum atomic E-state index is 11.3. The van der Waals surface area contributed by atoms with Crippen molar-refractivity contribution in [1.82, 2.24) is 4.90 Å². The first-order chi connectivity index (χ1) is 6.02. The summed E-state index contributed by atoms with van der Waals surface area (Å²) in [5.74, 6) is -0.241. The predicted octanol–water partition coefficient (Wildman–Crippen LogP) is -0.469. The van der Waals surface area contributed by atoms with Crippen molar-refractivity contribution in [2.24, 2.45) is 16.9 Å². The van der Waals surface area contributed by atoms with Crippen LogP contribution >= 0.6 is 0 Å². The molecule has 1 aliphatic rings. The van der Waals surface area contributed by atoms with Crippen LogP contribution in [0.1, 0.15) is 19.8 Å². The Morgan fingerprint density at radius 1 is 1.69 bits per heavy atom. The number of rotatable bonds is 2. The van der Waals surface area contributed by atoms with E-state index in [1.807, 2.05) is 0 Å². The molecular weight excluding hydrogens is 166 g/mol. The van der Waals surface area contributed by atoms with Crippen LogP contribution in [-0.4, -0.2) is 37.0 Å². The van der Waals surface area contributed by atoms with Gasteiger partial charge in [-0.05, 0) is 33.4 Å². The van der Waals surface area contributed by atoms with Crippen molar-refractivity contribution in [2.75, 3.05) is 20.1 Å². The Hall–Kier alpha value is -0.610. The molecule has 2 atom stereocenters. The largest absolute Gasteiger partial charge is 0.369 e. The molecular formula is C9H19N3O. The van der Waals surface area contributed by atoms with E-state index >= 15 is 0 Å². The standard InChI is InChI=1S/C9H19N3O/c1-7-5-9(6-10,8(11)13)3-4-12(7)2/h7H,3-6,10H2,1-2H3,(H2,11,13). The van der Waals surface area contributed by atoms with E-state index in [4.69, 9.17) is 11.5 Å². The summed E-state index contributed by atoms with van der Waals surface area (Å²) in [6, 6.07) is 0.393. The first-order valence-electron chi connectivity index (χ1n) is 4.72. The minimum Gasteiger partial charge on any atom is -0.369 e. The summed E-state index contributed by atoms with van der Waals surface area (Å²) in [5.41, 5.74) is 10.6. The molecule has 2 unspecified atom stereocenters. The molecule has 1 aliphatic heterocycles. The molecule has 1 saturated heterocycles. The minimum absolute atomic E-state index is 0.241. The molecule has 0 saturated carbocycles. The van der Waals surface area contributed by atoms with Gasteiger partial charge in [0.05, 0.1) is 5.41 Å². The van der Waals surface area contributed by atoms with E-state index in [-0.39, 0.29) is 5.91 Å². The number of hydrogen-bond donors (Lipinski definition) is 2. The second kappa shape index (κ2) is 3.64. The van der Waals surface area contributed by atoms with E-state index in [1.54, 1.807) is 0 Å². The van der Waals surface area contributed by atoms with Gasteiger partial charge in [0.1, 0.15) is 0 Å². The second-order valence-electron chi connectivity index (χ2n) is 4.13. The maximum Gasteiger partial charge on any atom is 0.225 e. The van der Waals surface area contributed by atoms with Crippen molar-refractivity contribution >= 4 is 5.91 Å². The van der Waals surface area contributed by atoms with Crippen LogP contribution in [0.5, 0.6) is 0 Å². The van der Waals surface area contributed by atoms with Gasteiger partial charge in [-0.3, -0.25) is 4.79 Å². The zero-order valence-electron chi connectivity index (χ0n) is 8.42. The predicted molar refractivity (Wildman–Crippen MR) is 52.0 cm³/mol. The van der Waals surface area contributed by atoms with Crippen LogP contribution in [0.2, 0.25) is 0 Å². The fourth-order valence-electron chi connectivity index (χ4n) is 1.94. The minimum atomic E-state index is -0.452. The van der Waals surface area contributed by atoms with Crippen LogP contribution in [0.25, 0.3) is 0 Å². The molecule has 4 N–H and O–H groups in total. The van der Waals surface area contributed by atoms with Crippen molar-refractivity contribution in [3.8, 4) is 0 Å². The van der Waals surface area contributed by atoms with Gasteiger partial charge in [-0.15, -0.1) is 0 Å². The lowest BCUT2D eigenvalue weighted by molar-refractivity contribution is -0.130. The normalized spacial score (nSPS) is 36.1. The van der Waals surface area contributed by atoms with Crippen molar-refractivity contribution in [3.05, 3.63) is 0 Å². The number of primary amides is 1. The Kier molecular flexibility index (Phi) is 2.93. The number of likely N-dealkylation sites (tertiary alicyclic amines) is 1. The van der Waals surface area contributed by atoms with E-state index in [0.29, 0.717) is 12.6 Å². The van der Waals surface area contributed by atoms with E-state index < -0.39 is 5.41 Å². The molecule has 0 aromatic rings. The molecule has 0 aromatic heterocycles. The molecule has 1 rings (SSSR count).